The minimum absolute atomic E-state index is 0.0511. The predicted molar refractivity (Wildman–Crippen MR) is 55.5 cm³/mol. The standard InChI is InChI=1S/C9H10ClN3/c10-7-3-1-6(2-4-7)8(5-11)9(12)13/h1-5H,11H2,(H3,12,13)/b8-5-. The number of halogens is 1. The molecule has 13 heavy (non-hydrogen) atoms. The lowest BCUT2D eigenvalue weighted by Gasteiger charge is -2.03. The minimum Gasteiger partial charge on any atom is -0.404 e. The maximum Gasteiger partial charge on any atom is 0.124 e. The minimum atomic E-state index is -0.0511. The molecule has 0 radical (unpaired) electrons. The summed E-state index contributed by atoms with van der Waals surface area (Å²) in [6.07, 6.45) is 1.31. The van der Waals surface area contributed by atoms with Crippen LogP contribution in [0.5, 0.6) is 0 Å². The van der Waals surface area contributed by atoms with Gasteiger partial charge in [-0.3, -0.25) is 5.41 Å². The first kappa shape index (κ1) is 9.61. The normalized spacial score (nSPS) is 11.3. The van der Waals surface area contributed by atoms with E-state index in [4.69, 9.17) is 28.5 Å². The Labute approximate surface area is 81.5 Å². The fraction of sp³-hybridized carbons (Fsp3) is 0. The highest BCUT2D eigenvalue weighted by Crippen LogP contribution is 2.16. The van der Waals surface area contributed by atoms with Crippen molar-refractivity contribution in [1.82, 2.24) is 0 Å². The van der Waals surface area contributed by atoms with Crippen LogP contribution in [0.2, 0.25) is 5.02 Å². The van der Waals surface area contributed by atoms with Crippen molar-refractivity contribution >= 4 is 23.0 Å². The van der Waals surface area contributed by atoms with E-state index in [9.17, 15) is 0 Å². The largest absolute Gasteiger partial charge is 0.404 e. The smallest absolute Gasteiger partial charge is 0.124 e. The third-order valence-corrected chi connectivity index (χ3v) is 1.86. The lowest BCUT2D eigenvalue weighted by molar-refractivity contribution is 1.45. The summed E-state index contributed by atoms with van der Waals surface area (Å²) in [5, 5.41) is 7.88. The van der Waals surface area contributed by atoms with E-state index in [0.717, 1.165) is 5.56 Å². The van der Waals surface area contributed by atoms with Crippen LogP contribution in [0.1, 0.15) is 5.56 Å². The highest BCUT2D eigenvalue weighted by molar-refractivity contribution is 6.30. The number of nitrogens with one attached hydrogen (secondary N) is 1. The summed E-state index contributed by atoms with van der Waals surface area (Å²) in [6, 6.07) is 6.98. The number of rotatable bonds is 2. The number of benzene rings is 1. The van der Waals surface area contributed by atoms with E-state index < -0.39 is 0 Å². The number of nitrogens with two attached hydrogens (primary N) is 2. The van der Waals surface area contributed by atoms with Gasteiger partial charge in [0.1, 0.15) is 5.84 Å². The molecule has 68 valence electrons. The number of amidine groups is 1. The zero-order chi connectivity index (χ0) is 9.84. The van der Waals surface area contributed by atoms with Crippen LogP contribution in [0.4, 0.5) is 0 Å². The average molecular weight is 196 g/mol. The van der Waals surface area contributed by atoms with E-state index in [1.165, 1.54) is 6.20 Å². The second-order valence-electron chi connectivity index (χ2n) is 2.50. The van der Waals surface area contributed by atoms with E-state index in [1.54, 1.807) is 24.3 Å². The monoisotopic (exact) mass is 195 g/mol. The van der Waals surface area contributed by atoms with Gasteiger partial charge in [0.15, 0.2) is 0 Å². The molecule has 0 heterocycles. The molecule has 5 N–H and O–H groups in total. The molecule has 0 aliphatic heterocycles. The molecule has 1 aromatic carbocycles. The van der Waals surface area contributed by atoms with Crippen molar-refractivity contribution in [2.75, 3.05) is 0 Å². The molecule has 3 nitrogen and oxygen atoms in total. The molecule has 0 saturated carbocycles. The van der Waals surface area contributed by atoms with E-state index in [2.05, 4.69) is 0 Å². The van der Waals surface area contributed by atoms with Crippen LogP contribution in [-0.2, 0) is 0 Å². The van der Waals surface area contributed by atoms with Gasteiger partial charge in [-0.25, -0.2) is 0 Å². The summed E-state index contributed by atoms with van der Waals surface area (Å²) in [5.74, 6) is -0.0511. The molecule has 4 heteroatoms. The van der Waals surface area contributed by atoms with Crippen molar-refractivity contribution < 1.29 is 0 Å². The van der Waals surface area contributed by atoms with E-state index in [-0.39, 0.29) is 5.84 Å². The van der Waals surface area contributed by atoms with Crippen molar-refractivity contribution in [3.63, 3.8) is 0 Å². The third-order valence-electron chi connectivity index (χ3n) is 1.61. The fourth-order valence-corrected chi connectivity index (χ4v) is 1.10. The zero-order valence-electron chi connectivity index (χ0n) is 6.92. The van der Waals surface area contributed by atoms with Gasteiger partial charge in [0, 0.05) is 16.8 Å². The molecular weight excluding hydrogens is 186 g/mol. The van der Waals surface area contributed by atoms with Crippen molar-refractivity contribution in [3.05, 3.63) is 41.1 Å². The van der Waals surface area contributed by atoms with Gasteiger partial charge in [-0.15, -0.1) is 0 Å². The van der Waals surface area contributed by atoms with Gasteiger partial charge >= 0.3 is 0 Å². The molecule has 0 aromatic heterocycles. The lowest BCUT2D eigenvalue weighted by atomic mass is 10.1. The molecule has 0 saturated heterocycles. The molecule has 1 rings (SSSR count). The maximum atomic E-state index is 7.24. The zero-order valence-corrected chi connectivity index (χ0v) is 7.68. The highest BCUT2D eigenvalue weighted by Gasteiger charge is 2.03. The Balaban J connectivity index is 3.07. The highest BCUT2D eigenvalue weighted by atomic mass is 35.5. The van der Waals surface area contributed by atoms with Gasteiger partial charge in [-0.05, 0) is 17.7 Å². The van der Waals surface area contributed by atoms with Crippen LogP contribution in [0.3, 0.4) is 0 Å². The van der Waals surface area contributed by atoms with Gasteiger partial charge in [0.05, 0.1) is 0 Å². The van der Waals surface area contributed by atoms with Crippen molar-refractivity contribution in [1.29, 1.82) is 5.41 Å². The average Bonchev–Trinajstić information content (AvgIpc) is 2.09. The first-order chi connectivity index (χ1) is 6.15. The molecule has 1 aromatic rings. The van der Waals surface area contributed by atoms with E-state index >= 15 is 0 Å². The Morgan fingerprint density at radius 3 is 2.23 bits per heavy atom. The topological polar surface area (TPSA) is 75.9 Å². The Morgan fingerprint density at radius 2 is 1.85 bits per heavy atom. The van der Waals surface area contributed by atoms with Gasteiger partial charge in [-0.2, -0.15) is 0 Å². The lowest BCUT2D eigenvalue weighted by Crippen LogP contribution is -2.13. The fourth-order valence-electron chi connectivity index (χ4n) is 0.971. The quantitative estimate of drug-likeness (QED) is 0.495. The summed E-state index contributed by atoms with van der Waals surface area (Å²) < 4.78 is 0. The summed E-state index contributed by atoms with van der Waals surface area (Å²) >= 11 is 5.70. The molecule has 0 amide bonds. The van der Waals surface area contributed by atoms with Crippen molar-refractivity contribution in [2.24, 2.45) is 11.5 Å². The van der Waals surface area contributed by atoms with E-state index in [0.29, 0.717) is 10.6 Å². The van der Waals surface area contributed by atoms with Gasteiger partial charge in [0.2, 0.25) is 0 Å². The second kappa shape index (κ2) is 3.96. The van der Waals surface area contributed by atoms with Crippen LogP contribution in [-0.4, -0.2) is 5.84 Å². The third kappa shape index (κ3) is 2.23. The summed E-state index contributed by atoms with van der Waals surface area (Å²) in [7, 11) is 0. The molecule has 0 aliphatic rings. The molecule has 0 fully saturated rings. The Kier molecular flexibility index (Phi) is 2.93. The molecule has 0 bridgehead atoms. The number of hydrogen-bond acceptors (Lipinski definition) is 2. The van der Waals surface area contributed by atoms with Gasteiger partial charge in [0.25, 0.3) is 0 Å². The maximum absolute atomic E-state index is 7.24. The summed E-state index contributed by atoms with van der Waals surface area (Å²) in [4.78, 5) is 0. The van der Waals surface area contributed by atoms with Crippen LogP contribution in [0, 0.1) is 5.41 Å². The second-order valence-corrected chi connectivity index (χ2v) is 2.94. The molecular formula is C9H10ClN3. The Morgan fingerprint density at radius 1 is 1.31 bits per heavy atom. The summed E-state index contributed by atoms with van der Waals surface area (Å²) in [5.41, 5.74) is 11.9. The summed E-state index contributed by atoms with van der Waals surface area (Å²) in [6.45, 7) is 0. The van der Waals surface area contributed by atoms with Crippen molar-refractivity contribution in [3.8, 4) is 0 Å². The van der Waals surface area contributed by atoms with Crippen LogP contribution in [0.15, 0.2) is 30.5 Å². The first-order valence-corrected chi connectivity index (χ1v) is 4.05. The van der Waals surface area contributed by atoms with Crippen LogP contribution in [0.25, 0.3) is 5.57 Å². The molecule has 0 unspecified atom stereocenters. The SMILES string of the molecule is N=C(N)/C(=C\N)c1ccc(Cl)cc1. The molecule has 0 aliphatic carbocycles. The first-order valence-electron chi connectivity index (χ1n) is 3.67. The predicted octanol–water partition coefficient (Wildman–Crippen LogP) is 1.58. The molecule has 0 spiro atoms. The number of hydrogen-bond donors (Lipinski definition) is 3. The Hall–Kier alpha value is -1.48. The van der Waals surface area contributed by atoms with Crippen molar-refractivity contribution in [2.45, 2.75) is 0 Å². The van der Waals surface area contributed by atoms with Gasteiger partial charge < -0.3 is 11.5 Å². The van der Waals surface area contributed by atoms with E-state index in [1.807, 2.05) is 0 Å². The van der Waals surface area contributed by atoms with Crippen LogP contribution < -0.4 is 11.5 Å². The van der Waals surface area contributed by atoms with Crippen LogP contribution >= 0.6 is 11.6 Å². The Bertz CT molecular complexity index is 340. The van der Waals surface area contributed by atoms with Gasteiger partial charge in [-0.1, -0.05) is 23.7 Å². The molecule has 0 atom stereocenters.